The highest BCUT2D eigenvalue weighted by atomic mass is 35.5. The van der Waals surface area contributed by atoms with Crippen molar-refractivity contribution < 1.29 is 0 Å². The average molecular weight is 391 g/mol. The maximum Gasteiger partial charge on any atom is 0.176 e. The van der Waals surface area contributed by atoms with Crippen LogP contribution in [-0.4, -0.2) is 14.9 Å². The van der Waals surface area contributed by atoms with Gasteiger partial charge >= 0.3 is 0 Å². The zero-order chi connectivity index (χ0) is 17.8. The molecule has 0 unspecified atom stereocenters. The third kappa shape index (κ3) is 4.95. The highest BCUT2D eigenvalue weighted by Crippen LogP contribution is 2.16. The van der Waals surface area contributed by atoms with Gasteiger partial charge < -0.3 is 10.6 Å². The lowest BCUT2D eigenvalue weighted by atomic mass is 10.2. The molecule has 25 heavy (non-hydrogen) atoms. The minimum Gasteiger partial charge on any atom is -0.332 e. The number of hydrogen-bond donors (Lipinski definition) is 2. The second kappa shape index (κ2) is 7.87. The Balaban J connectivity index is 1.65. The van der Waals surface area contributed by atoms with Crippen molar-refractivity contribution in [2.24, 2.45) is 0 Å². The number of thiocarbonyl (C=S) groups is 1. The van der Waals surface area contributed by atoms with Gasteiger partial charge in [0.05, 0.1) is 6.54 Å². The Labute approximate surface area is 161 Å². The molecule has 0 fully saturated rings. The Morgan fingerprint density at radius 2 is 1.80 bits per heavy atom. The SMILES string of the molecule is Cc1cc(NC(=S)Nc2cccc(Cl)c2)nn1Cc1ccc(Cl)cc1. The third-order valence-corrected chi connectivity index (χ3v) is 4.24. The maximum absolute atomic E-state index is 5.97. The van der Waals surface area contributed by atoms with Crippen LogP contribution in [0.25, 0.3) is 0 Å². The number of nitrogens with zero attached hydrogens (tertiary/aromatic N) is 2. The smallest absolute Gasteiger partial charge is 0.176 e. The first-order valence-electron chi connectivity index (χ1n) is 7.62. The molecule has 0 spiro atoms. The van der Waals surface area contributed by atoms with E-state index in [1.165, 1.54) is 0 Å². The first-order chi connectivity index (χ1) is 12.0. The lowest BCUT2D eigenvalue weighted by Crippen LogP contribution is -2.19. The zero-order valence-corrected chi connectivity index (χ0v) is 15.8. The molecule has 0 saturated carbocycles. The topological polar surface area (TPSA) is 41.9 Å². The number of hydrogen-bond acceptors (Lipinski definition) is 2. The Bertz CT molecular complexity index is 890. The Hall–Kier alpha value is -2.08. The molecule has 3 rings (SSSR count). The predicted molar refractivity (Wildman–Crippen MR) is 109 cm³/mol. The van der Waals surface area contributed by atoms with Gasteiger partial charge in [-0.15, -0.1) is 0 Å². The van der Waals surface area contributed by atoms with Gasteiger partial charge in [0.1, 0.15) is 0 Å². The number of rotatable bonds is 4. The first kappa shape index (κ1) is 17.7. The maximum atomic E-state index is 5.97. The second-order valence-electron chi connectivity index (χ2n) is 5.54. The molecule has 0 aliphatic heterocycles. The molecule has 128 valence electrons. The number of halogens is 2. The summed E-state index contributed by atoms with van der Waals surface area (Å²) in [4.78, 5) is 0. The molecule has 2 N–H and O–H groups in total. The molecular formula is C18H16Cl2N4S. The van der Waals surface area contributed by atoms with Crippen molar-refractivity contribution in [3.63, 3.8) is 0 Å². The Kier molecular flexibility index (Phi) is 5.58. The average Bonchev–Trinajstić information content (AvgIpc) is 2.88. The van der Waals surface area contributed by atoms with E-state index in [1.807, 2.05) is 60.1 Å². The largest absolute Gasteiger partial charge is 0.332 e. The van der Waals surface area contributed by atoms with Gasteiger partial charge in [-0.2, -0.15) is 5.10 Å². The summed E-state index contributed by atoms with van der Waals surface area (Å²) in [5.41, 5.74) is 2.98. The molecule has 0 atom stereocenters. The molecule has 1 heterocycles. The molecule has 0 bridgehead atoms. The van der Waals surface area contributed by atoms with Crippen LogP contribution < -0.4 is 10.6 Å². The van der Waals surface area contributed by atoms with Gasteiger partial charge in [0.25, 0.3) is 0 Å². The van der Waals surface area contributed by atoms with E-state index in [1.54, 1.807) is 6.07 Å². The number of benzene rings is 2. The number of aromatic nitrogens is 2. The quantitative estimate of drug-likeness (QED) is 0.588. The summed E-state index contributed by atoms with van der Waals surface area (Å²) in [5, 5.41) is 12.6. The van der Waals surface area contributed by atoms with Crippen molar-refractivity contribution in [2.45, 2.75) is 13.5 Å². The first-order valence-corrected chi connectivity index (χ1v) is 8.78. The zero-order valence-electron chi connectivity index (χ0n) is 13.5. The van der Waals surface area contributed by atoms with Crippen LogP contribution >= 0.6 is 35.4 Å². The van der Waals surface area contributed by atoms with Crippen molar-refractivity contribution in [2.75, 3.05) is 10.6 Å². The van der Waals surface area contributed by atoms with Crippen LogP contribution in [0.3, 0.4) is 0 Å². The van der Waals surface area contributed by atoms with Gasteiger partial charge in [-0.3, -0.25) is 4.68 Å². The van der Waals surface area contributed by atoms with E-state index >= 15 is 0 Å². The van der Waals surface area contributed by atoms with Crippen LogP contribution in [0.5, 0.6) is 0 Å². The van der Waals surface area contributed by atoms with E-state index in [0.717, 1.165) is 22.0 Å². The van der Waals surface area contributed by atoms with Crippen LogP contribution in [-0.2, 0) is 6.54 Å². The minimum atomic E-state index is 0.457. The fraction of sp³-hybridized carbons (Fsp3) is 0.111. The van der Waals surface area contributed by atoms with Gasteiger partial charge in [0, 0.05) is 27.5 Å². The summed E-state index contributed by atoms with van der Waals surface area (Å²) in [5.74, 6) is 0.686. The van der Waals surface area contributed by atoms with Crippen LogP contribution in [0.4, 0.5) is 11.5 Å². The summed E-state index contributed by atoms with van der Waals surface area (Å²) in [6.45, 7) is 2.67. The van der Waals surface area contributed by atoms with E-state index in [4.69, 9.17) is 35.4 Å². The van der Waals surface area contributed by atoms with Gasteiger partial charge in [0.2, 0.25) is 0 Å². The number of aryl methyl sites for hydroxylation is 1. The van der Waals surface area contributed by atoms with Crippen LogP contribution in [0, 0.1) is 6.92 Å². The van der Waals surface area contributed by atoms with E-state index in [9.17, 15) is 0 Å². The normalized spacial score (nSPS) is 10.5. The minimum absolute atomic E-state index is 0.457. The summed E-state index contributed by atoms with van der Waals surface area (Å²) in [7, 11) is 0. The molecule has 0 aliphatic carbocycles. The molecule has 0 aliphatic rings. The Morgan fingerprint density at radius 3 is 2.52 bits per heavy atom. The Morgan fingerprint density at radius 1 is 1.04 bits per heavy atom. The molecule has 0 radical (unpaired) electrons. The molecule has 0 amide bonds. The van der Waals surface area contributed by atoms with E-state index in [-0.39, 0.29) is 0 Å². The van der Waals surface area contributed by atoms with Crippen LogP contribution in [0.1, 0.15) is 11.3 Å². The predicted octanol–water partition coefficient (Wildman–Crippen LogP) is 5.36. The van der Waals surface area contributed by atoms with E-state index in [0.29, 0.717) is 22.5 Å². The van der Waals surface area contributed by atoms with E-state index < -0.39 is 0 Å². The molecule has 3 aromatic rings. The van der Waals surface area contributed by atoms with Crippen molar-refractivity contribution in [1.82, 2.24) is 9.78 Å². The number of anilines is 2. The van der Waals surface area contributed by atoms with Gasteiger partial charge in [-0.05, 0) is 55.0 Å². The van der Waals surface area contributed by atoms with Crippen LogP contribution in [0.15, 0.2) is 54.6 Å². The fourth-order valence-corrected chi connectivity index (χ4v) is 2.88. The summed E-state index contributed by atoms with van der Waals surface area (Å²) < 4.78 is 1.91. The molecular weight excluding hydrogens is 375 g/mol. The third-order valence-electron chi connectivity index (χ3n) is 3.55. The number of nitrogens with one attached hydrogen (secondary N) is 2. The molecule has 1 aromatic heterocycles. The second-order valence-corrected chi connectivity index (χ2v) is 6.83. The molecule has 7 heteroatoms. The van der Waals surface area contributed by atoms with Crippen molar-refractivity contribution in [3.8, 4) is 0 Å². The highest BCUT2D eigenvalue weighted by Gasteiger charge is 2.07. The van der Waals surface area contributed by atoms with Gasteiger partial charge in [-0.1, -0.05) is 41.4 Å². The van der Waals surface area contributed by atoms with Crippen molar-refractivity contribution in [1.29, 1.82) is 0 Å². The van der Waals surface area contributed by atoms with Crippen molar-refractivity contribution >= 4 is 52.0 Å². The van der Waals surface area contributed by atoms with Crippen LogP contribution in [0.2, 0.25) is 10.0 Å². The van der Waals surface area contributed by atoms with Gasteiger partial charge in [0.15, 0.2) is 10.9 Å². The summed E-state index contributed by atoms with van der Waals surface area (Å²) in [6.07, 6.45) is 0. The molecule has 2 aromatic carbocycles. The van der Waals surface area contributed by atoms with E-state index in [2.05, 4.69) is 15.7 Å². The lowest BCUT2D eigenvalue weighted by molar-refractivity contribution is 0.668. The van der Waals surface area contributed by atoms with Crippen molar-refractivity contribution in [3.05, 3.63) is 75.9 Å². The molecule has 4 nitrogen and oxygen atoms in total. The monoisotopic (exact) mass is 390 g/mol. The highest BCUT2D eigenvalue weighted by molar-refractivity contribution is 7.80. The fourth-order valence-electron chi connectivity index (χ4n) is 2.34. The standard InChI is InChI=1S/C18H16Cl2N4S/c1-12-9-17(22-18(25)21-16-4-2-3-15(20)10-16)23-24(12)11-13-5-7-14(19)8-6-13/h2-10H,11H2,1H3,(H2,21,22,23,25). The summed E-state index contributed by atoms with van der Waals surface area (Å²) >= 11 is 17.2. The summed E-state index contributed by atoms with van der Waals surface area (Å²) in [6, 6.07) is 17.0. The van der Waals surface area contributed by atoms with Gasteiger partial charge in [-0.25, -0.2) is 0 Å². The lowest BCUT2D eigenvalue weighted by Gasteiger charge is -2.08. The molecule has 0 saturated heterocycles.